The summed E-state index contributed by atoms with van der Waals surface area (Å²) in [5.41, 5.74) is 1.25. The Kier molecular flexibility index (Phi) is 4.61. The fourth-order valence-electron chi connectivity index (χ4n) is 1.73. The Morgan fingerprint density at radius 1 is 0.842 bits per heavy atom. The summed E-state index contributed by atoms with van der Waals surface area (Å²) >= 11 is 3.31. The fraction of sp³-hybridized carbons (Fsp3) is 0.143. The zero-order valence-electron chi connectivity index (χ0n) is 9.89. The van der Waals surface area contributed by atoms with E-state index in [9.17, 15) is 13.2 Å². The molecule has 0 atom stereocenters. The summed E-state index contributed by atoms with van der Waals surface area (Å²) in [6.07, 6.45) is 0. The molecule has 1 nitrogen and oxygen atoms in total. The standard InChI is InChI=1S/C14H11BrF3N/c15-14-2-1-11(16)5-10(14)8-19-7-9-3-12(17)6-13(18)4-9/h1-6,19H,7-8H2. The van der Waals surface area contributed by atoms with E-state index in [2.05, 4.69) is 21.2 Å². The monoisotopic (exact) mass is 329 g/mol. The maximum Gasteiger partial charge on any atom is 0.126 e. The van der Waals surface area contributed by atoms with Crippen molar-refractivity contribution in [3.8, 4) is 0 Å². The van der Waals surface area contributed by atoms with Crippen molar-refractivity contribution >= 4 is 15.9 Å². The quantitative estimate of drug-likeness (QED) is 0.888. The van der Waals surface area contributed by atoms with Gasteiger partial charge in [0.25, 0.3) is 0 Å². The van der Waals surface area contributed by atoms with Gasteiger partial charge in [0.15, 0.2) is 0 Å². The molecule has 0 aromatic heterocycles. The molecule has 0 saturated heterocycles. The van der Waals surface area contributed by atoms with E-state index in [0.29, 0.717) is 18.7 Å². The van der Waals surface area contributed by atoms with Crippen molar-refractivity contribution in [3.05, 3.63) is 69.4 Å². The van der Waals surface area contributed by atoms with E-state index in [4.69, 9.17) is 0 Å². The Morgan fingerprint density at radius 2 is 1.53 bits per heavy atom. The summed E-state index contributed by atoms with van der Waals surface area (Å²) in [7, 11) is 0. The maximum atomic E-state index is 13.1. The SMILES string of the molecule is Fc1cc(F)cc(CNCc2cc(F)ccc2Br)c1. The predicted octanol–water partition coefficient (Wildman–Crippen LogP) is 4.16. The van der Waals surface area contributed by atoms with E-state index in [1.165, 1.54) is 24.3 Å². The van der Waals surface area contributed by atoms with Crippen LogP contribution in [0.2, 0.25) is 0 Å². The third-order valence-corrected chi connectivity index (χ3v) is 3.35. The number of rotatable bonds is 4. The molecule has 19 heavy (non-hydrogen) atoms. The summed E-state index contributed by atoms with van der Waals surface area (Å²) in [6, 6.07) is 7.73. The van der Waals surface area contributed by atoms with Crippen molar-refractivity contribution in [1.82, 2.24) is 5.32 Å². The van der Waals surface area contributed by atoms with Crippen molar-refractivity contribution in [2.75, 3.05) is 0 Å². The van der Waals surface area contributed by atoms with Gasteiger partial charge in [-0.25, -0.2) is 13.2 Å². The molecule has 100 valence electrons. The lowest BCUT2D eigenvalue weighted by molar-refractivity contribution is 0.574. The van der Waals surface area contributed by atoms with Gasteiger partial charge in [-0.2, -0.15) is 0 Å². The summed E-state index contributed by atoms with van der Waals surface area (Å²) in [5.74, 6) is -1.54. The summed E-state index contributed by atoms with van der Waals surface area (Å²) in [5, 5.41) is 3.01. The average Bonchev–Trinajstić information content (AvgIpc) is 2.32. The molecule has 2 rings (SSSR count). The normalized spacial score (nSPS) is 10.7. The van der Waals surface area contributed by atoms with E-state index in [1.807, 2.05) is 0 Å². The van der Waals surface area contributed by atoms with E-state index < -0.39 is 11.6 Å². The Morgan fingerprint density at radius 3 is 2.21 bits per heavy atom. The Bertz CT molecular complexity index is 567. The van der Waals surface area contributed by atoms with Gasteiger partial charge in [-0.3, -0.25) is 0 Å². The van der Waals surface area contributed by atoms with E-state index in [-0.39, 0.29) is 5.82 Å². The molecular formula is C14H11BrF3N. The van der Waals surface area contributed by atoms with Crippen LogP contribution < -0.4 is 5.32 Å². The van der Waals surface area contributed by atoms with Gasteiger partial charge >= 0.3 is 0 Å². The van der Waals surface area contributed by atoms with Crippen LogP contribution in [0.5, 0.6) is 0 Å². The van der Waals surface area contributed by atoms with E-state index >= 15 is 0 Å². The van der Waals surface area contributed by atoms with Crippen LogP contribution in [0, 0.1) is 17.5 Å². The minimum Gasteiger partial charge on any atom is -0.309 e. The topological polar surface area (TPSA) is 12.0 Å². The third kappa shape index (κ3) is 4.08. The first kappa shape index (κ1) is 14.1. The smallest absolute Gasteiger partial charge is 0.126 e. The molecule has 0 spiro atoms. The van der Waals surface area contributed by atoms with Crippen LogP contribution in [0.25, 0.3) is 0 Å². The second-order valence-corrected chi connectivity index (χ2v) is 4.97. The molecule has 0 heterocycles. The zero-order chi connectivity index (χ0) is 13.8. The highest BCUT2D eigenvalue weighted by Crippen LogP contribution is 2.17. The molecule has 2 aromatic carbocycles. The molecule has 0 radical (unpaired) electrons. The van der Waals surface area contributed by atoms with E-state index in [1.54, 1.807) is 6.07 Å². The van der Waals surface area contributed by atoms with Gasteiger partial charge in [-0.1, -0.05) is 15.9 Å². The van der Waals surface area contributed by atoms with Crippen LogP contribution in [-0.4, -0.2) is 0 Å². The molecule has 2 aromatic rings. The minimum absolute atomic E-state index is 0.303. The lowest BCUT2D eigenvalue weighted by Crippen LogP contribution is -2.13. The third-order valence-electron chi connectivity index (χ3n) is 2.57. The minimum atomic E-state index is -0.608. The second kappa shape index (κ2) is 6.21. The highest BCUT2D eigenvalue weighted by molar-refractivity contribution is 9.10. The largest absolute Gasteiger partial charge is 0.309 e. The Hall–Kier alpha value is -1.33. The van der Waals surface area contributed by atoms with Crippen molar-refractivity contribution < 1.29 is 13.2 Å². The molecule has 0 unspecified atom stereocenters. The van der Waals surface area contributed by atoms with E-state index in [0.717, 1.165) is 16.1 Å². The molecular weight excluding hydrogens is 319 g/mol. The van der Waals surface area contributed by atoms with Crippen molar-refractivity contribution in [3.63, 3.8) is 0 Å². The average molecular weight is 330 g/mol. The Labute approximate surface area is 117 Å². The van der Waals surface area contributed by atoms with Crippen molar-refractivity contribution in [2.24, 2.45) is 0 Å². The fourth-order valence-corrected chi connectivity index (χ4v) is 2.12. The molecule has 0 saturated carbocycles. The van der Waals surface area contributed by atoms with Crippen LogP contribution in [0.3, 0.4) is 0 Å². The van der Waals surface area contributed by atoms with Crippen LogP contribution >= 0.6 is 15.9 Å². The lowest BCUT2D eigenvalue weighted by Gasteiger charge is -2.07. The highest BCUT2D eigenvalue weighted by Gasteiger charge is 2.03. The number of benzene rings is 2. The molecule has 1 N–H and O–H groups in total. The zero-order valence-corrected chi connectivity index (χ0v) is 11.5. The van der Waals surface area contributed by atoms with Crippen molar-refractivity contribution in [1.29, 1.82) is 0 Å². The first-order chi connectivity index (χ1) is 9.04. The molecule has 0 aliphatic rings. The number of halogens is 4. The predicted molar refractivity (Wildman–Crippen MR) is 71.0 cm³/mol. The van der Waals surface area contributed by atoms with Crippen LogP contribution in [-0.2, 0) is 13.1 Å². The van der Waals surface area contributed by atoms with Gasteiger partial charge in [0.05, 0.1) is 0 Å². The number of nitrogens with one attached hydrogen (secondary N) is 1. The lowest BCUT2D eigenvalue weighted by atomic mass is 10.2. The van der Waals surface area contributed by atoms with Gasteiger partial charge in [0, 0.05) is 23.6 Å². The van der Waals surface area contributed by atoms with Gasteiger partial charge in [0.2, 0.25) is 0 Å². The number of hydrogen-bond acceptors (Lipinski definition) is 1. The molecule has 0 bridgehead atoms. The van der Waals surface area contributed by atoms with Gasteiger partial charge in [-0.05, 0) is 41.5 Å². The highest BCUT2D eigenvalue weighted by atomic mass is 79.9. The van der Waals surface area contributed by atoms with Crippen LogP contribution in [0.1, 0.15) is 11.1 Å². The van der Waals surface area contributed by atoms with Crippen LogP contribution in [0.4, 0.5) is 13.2 Å². The first-order valence-electron chi connectivity index (χ1n) is 5.64. The van der Waals surface area contributed by atoms with Crippen LogP contribution in [0.15, 0.2) is 40.9 Å². The maximum absolute atomic E-state index is 13.1. The Balaban J connectivity index is 1.98. The summed E-state index contributed by atoms with van der Waals surface area (Å²) in [6.45, 7) is 0.702. The molecule has 0 fully saturated rings. The van der Waals surface area contributed by atoms with Crippen molar-refractivity contribution in [2.45, 2.75) is 13.1 Å². The van der Waals surface area contributed by atoms with Gasteiger partial charge in [-0.15, -0.1) is 0 Å². The molecule has 0 aliphatic heterocycles. The molecule has 5 heteroatoms. The van der Waals surface area contributed by atoms with Gasteiger partial charge in [0.1, 0.15) is 17.5 Å². The second-order valence-electron chi connectivity index (χ2n) is 4.12. The molecule has 0 aliphatic carbocycles. The summed E-state index contributed by atoms with van der Waals surface area (Å²) in [4.78, 5) is 0. The number of hydrogen-bond donors (Lipinski definition) is 1. The first-order valence-corrected chi connectivity index (χ1v) is 6.43. The summed E-state index contributed by atoms with van der Waals surface area (Å²) < 4.78 is 39.8. The van der Waals surface area contributed by atoms with Gasteiger partial charge < -0.3 is 5.32 Å². The molecule has 0 amide bonds.